The summed E-state index contributed by atoms with van der Waals surface area (Å²) >= 11 is 1.57. The van der Waals surface area contributed by atoms with Crippen LogP contribution in [0.4, 0.5) is 0 Å². The van der Waals surface area contributed by atoms with E-state index in [0.29, 0.717) is 13.1 Å². The Morgan fingerprint density at radius 1 is 0.869 bits per heavy atom. The van der Waals surface area contributed by atoms with Gasteiger partial charge in [-0.25, -0.2) is 13.4 Å². The van der Waals surface area contributed by atoms with Gasteiger partial charge in [0.25, 0.3) is 0 Å². The number of carbonyl (C=O) groups is 4. The molecule has 3 aromatic rings. The zero-order chi connectivity index (χ0) is 44.2. The molecule has 5 rings (SSSR count). The van der Waals surface area contributed by atoms with Crippen LogP contribution in [0.1, 0.15) is 56.9 Å². The molecular formula is C43H60N6O10S2. The quantitative estimate of drug-likeness (QED) is 0.141. The van der Waals surface area contributed by atoms with Crippen LogP contribution in [0.15, 0.2) is 58.9 Å². The number of β-amino-alcohol motifs (C(OH)–C–C–N with tert-alkyl or cyclic N) is 1. The maximum atomic E-state index is 13.9. The number of aliphatic hydroxyl groups excluding tert-OH is 1. The zero-order valence-electron chi connectivity index (χ0n) is 35.8. The van der Waals surface area contributed by atoms with Crippen LogP contribution in [0.25, 0.3) is 10.4 Å². The van der Waals surface area contributed by atoms with E-state index in [2.05, 4.69) is 15.6 Å². The number of ether oxygens (including phenoxy) is 3. The van der Waals surface area contributed by atoms with E-state index in [0.717, 1.165) is 27.3 Å². The van der Waals surface area contributed by atoms with Gasteiger partial charge in [0.15, 0.2) is 0 Å². The fourth-order valence-electron chi connectivity index (χ4n) is 7.07. The van der Waals surface area contributed by atoms with Crippen LogP contribution in [-0.4, -0.2) is 147 Å². The summed E-state index contributed by atoms with van der Waals surface area (Å²) in [6.45, 7) is 12.1. The summed E-state index contributed by atoms with van der Waals surface area (Å²) in [6, 6.07) is 12.8. The number of piperazine rings is 1. The van der Waals surface area contributed by atoms with Gasteiger partial charge < -0.3 is 39.8 Å². The van der Waals surface area contributed by atoms with Crippen LogP contribution in [0.3, 0.4) is 0 Å². The molecule has 61 heavy (non-hydrogen) atoms. The van der Waals surface area contributed by atoms with Gasteiger partial charge in [-0.15, -0.1) is 11.3 Å². The average molecular weight is 885 g/mol. The number of amides is 4. The zero-order valence-corrected chi connectivity index (χ0v) is 37.4. The molecule has 2 saturated heterocycles. The van der Waals surface area contributed by atoms with Crippen LogP contribution >= 0.6 is 11.3 Å². The first-order chi connectivity index (χ1) is 29.0. The number of carbonyl (C=O) groups excluding carboxylic acids is 4. The van der Waals surface area contributed by atoms with E-state index in [1.807, 2.05) is 58.9 Å². The lowest BCUT2D eigenvalue weighted by Crippen LogP contribution is -2.57. The highest BCUT2D eigenvalue weighted by Crippen LogP contribution is 2.28. The molecule has 0 unspecified atom stereocenters. The number of aromatic nitrogens is 1. The maximum absolute atomic E-state index is 13.9. The van der Waals surface area contributed by atoms with Gasteiger partial charge in [0.2, 0.25) is 33.7 Å². The number of nitrogens with zero attached hydrogens (tertiary/aromatic N) is 4. The lowest BCUT2D eigenvalue weighted by molar-refractivity contribution is -0.144. The van der Waals surface area contributed by atoms with Gasteiger partial charge in [0.05, 0.1) is 73.1 Å². The topological polar surface area (TPSA) is 197 Å². The van der Waals surface area contributed by atoms with E-state index >= 15 is 0 Å². The number of hydrogen-bond acceptors (Lipinski definition) is 12. The fraction of sp³-hybridized carbons (Fsp3) is 0.558. The SMILES string of the molecule is Cc1ccc(S(=O)(=O)N2CCN(C(=O)CCOCCOCCOCCC(=O)N[C@H](C(=O)N3C[C@H](O)C[C@H]3C(=O)NCc3ccc(-c4scnc4C)cc3)C(C)(C)C)CC2)cc1. The lowest BCUT2D eigenvalue weighted by atomic mass is 9.85. The van der Waals surface area contributed by atoms with E-state index in [4.69, 9.17) is 14.2 Å². The van der Waals surface area contributed by atoms with Gasteiger partial charge in [-0.05, 0) is 42.5 Å². The number of rotatable bonds is 20. The largest absolute Gasteiger partial charge is 0.391 e. The monoisotopic (exact) mass is 884 g/mol. The Morgan fingerprint density at radius 3 is 2.07 bits per heavy atom. The van der Waals surface area contributed by atoms with Crippen LogP contribution in [0.2, 0.25) is 0 Å². The normalized spacial score (nSPS) is 17.9. The van der Waals surface area contributed by atoms with Crippen molar-refractivity contribution in [3.8, 4) is 10.4 Å². The summed E-state index contributed by atoms with van der Waals surface area (Å²) in [5.74, 6) is -1.29. The van der Waals surface area contributed by atoms with Crippen molar-refractivity contribution in [2.24, 2.45) is 5.41 Å². The Balaban J connectivity index is 0.932. The van der Waals surface area contributed by atoms with Gasteiger partial charge in [-0.3, -0.25) is 19.2 Å². The number of hydrogen-bond donors (Lipinski definition) is 3. The highest BCUT2D eigenvalue weighted by Gasteiger charge is 2.44. The van der Waals surface area contributed by atoms with E-state index in [9.17, 15) is 32.7 Å². The first kappa shape index (κ1) is 47.7. The second kappa shape index (κ2) is 22.2. The Hall–Kier alpha value is -4.30. The Labute approximate surface area is 363 Å². The molecule has 0 bridgehead atoms. The van der Waals surface area contributed by atoms with Gasteiger partial charge >= 0.3 is 0 Å². The van der Waals surface area contributed by atoms with E-state index in [-0.39, 0.29) is 108 Å². The molecule has 2 aliphatic rings. The van der Waals surface area contributed by atoms with Crippen LogP contribution in [0.5, 0.6) is 0 Å². The number of aliphatic hydroxyl groups is 1. The Bertz CT molecular complexity index is 2030. The molecule has 18 heteroatoms. The summed E-state index contributed by atoms with van der Waals surface area (Å²) in [6.07, 6.45) is -0.595. The molecule has 2 aromatic carbocycles. The summed E-state index contributed by atoms with van der Waals surface area (Å²) in [7, 11) is -3.60. The summed E-state index contributed by atoms with van der Waals surface area (Å²) in [5, 5.41) is 16.3. The fourth-order valence-corrected chi connectivity index (χ4v) is 9.31. The first-order valence-electron chi connectivity index (χ1n) is 20.7. The average Bonchev–Trinajstić information content (AvgIpc) is 3.85. The number of benzene rings is 2. The molecule has 0 saturated carbocycles. The third-order valence-electron chi connectivity index (χ3n) is 10.6. The van der Waals surface area contributed by atoms with E-state index in [1.54, 1.807) is 46.0 Å². The van der Waals surface area contributed by atoms with Gasteiger partial charge in [0.1, 0.15) is 12.1 Å². The minimum Gasteiger partial charge on any atom is -0.391 e. The van der Waals surface area contributed by atoms with E-state index < -0.39 is 39.5 Å². The Kier molecular flexibility index (Phi) is 17.4. The molecule has 16 nitrogen and oxygen atoms in total. The molecule has 3 atom stereocenters. The molecule has 4 amide bonds. The standard InChI is InChI=1S/C43H60N6O10S2/c1-30-6-12-35(13-7-30)61(55,56)48-18-16-47(17-19-48)38(52)15-21-58-23-25-59-24-22-57-20-14-37(51)46-40(43(3,4)5)42(54)49-28-34(50)26-36(49)41(53)44-27-32-8-10-33(11-9-32)39-31(2)45-29-60-39/h6-13,29,34,36,40,50H,14-28H2,1-5H3,(H,44,53)(H,46,51)/t34-,36+,40-/m1/s1. The summed E-state index contributed by atoms with van der Waals surface area (Å²) in [4.78, 5) is 61.6. The Morgan fingerprint density at radius 2 is 1.48 bits per heavy atom. The molecule has 2 aliphatic heterocycles. The summed E-state index contributed by atoms with van der Waals surface area (Å²) in [5.41, 5.74) is 4.99. The lowest BCUT2D eigenvalue weighted by Gasteiger charge is -2.35. The molecule has 2 fully saturated rings. The minimum atomic E-state index is -3.60. The number of nitrogens with one attached hydrogen (secondary N) is 2. The number of sulfonamides is 1. The molecule has 1 aromatic heterocycles. The molecule has 0 aliphatic carbocycles. The highest BCUT2D eigenvalue weighted by atomic mass is 32.2. The third kappa shape index (κ3) is 13.6. The van der Waals surface area contributed by atoms with Gasteiger partial charge in [0, 0.05) is 52.1 Å². The van der Waals surface area contributed by atoms with Gasteiger partial charge in [-0.1, -0.05) is 62.7 Å². The predicted molar refractivity (Wildman–Crippen MR) is 230 cm³/mol. The number of aryl methyl sites for hydroxylation is 2. The van der Waals surface area contributed by atoms with E-state index in [1.165, 1.54) is 9.21 Å². The van der Waals surface area contributed by atoms with Crippen molar-refractivity contribution in [3.63, 3.8) is 0 Å². The smallest absolute Gasteiger partial charge is 0.246 e. The second-order valence-corrected chi connectivity index (χ2v) is 19.2. The molecule has 0 spiro atoms. The number of likely N-dealkylation sites (tertiary alicyclic amines) is 1. The van der Waals surface area contributed by atoms with Crippen molar-refractivity contribution >= 4 is 45.0 Å². The number of thiazole rings is 1. The molecule has 334 valence electrons. The summed E-state index contributed by atoms with van der Waals surface area (Å²) < 4.78 is 43.9. The first-order valence-corrected chi connectivity index (χ1v) is 23.0. The molecule has 3 N–H and O–H groups in total. The molecule has 0 radical (unpaired) electrons. The van der Waals surface area contributed by atoms with Crippen LogP contribution in [0, 0.1) is 19.3 Å². The van der Waals surface area contributed by atoms with Crippen molar-refractivity contribution < 1.29 is 46.9 Å². The van der Waals surface area contributed by atoms with Crippen molar-refractivity contribution in [1.82, 2.24) is 29.7 Å². The van der Waals surface area contributed by atoms with Crippen LogP contribution in [-0.2, 0) is 50.0 Å². The highest BCUT2D eigenvalue weighted by molar-refractivity contribution is 7.89. The molecular weight excluding hydrogens is 825 g/mol. The minimum absolute atomic E-state index is 0.00248. The maximum Gasteiger partial charge on any atom is 0.246 e. The van der Waals surface area contributed by atoms with Gasteiger partial charge in [-0.2, -0.15) is 4.31 Å². The second-order valence-electron chi connectivity index (χ2n) is 16.4. The van der Waals surface area contributed by atoms with Crippen LogP contribution < -0.4 is 10.6 Å². The van der Waals surface area contributed by atoms with Crippen molar-refractivity contribution in [3.05, 3.63) is 70.9 Å². The van der Waals surface area contributed by atoms with Crippen molar-refractivity contribution in [1.29, 1.82) is 0 Å². The predicted octanol–water partition coefficient (Wildman–Crippen LogP) is 2.90. The third-order valence-corrected chi connectivity index (χ3v) is 13.5. The van der Waals surface area contributed by atoms with Crippen molar-refractivity contribution in [2.45, 2.75) is 83.5 Å². The molecule has 3 heterocycles. The van der Waals surface area contributed by atoms with Crippen molar-refractivity contribution in [2.75, 3.05) is 72.4 Å².